The summed E-state index contributed by atoms with van der Waals surface area (Å²) in [5.41, 5.74) is 0.466. The number of ether oxygens (including phenoxy) is 1. The molecule has 0 N–H and O–H groups in total. The van der Waals surface area contributed by atoms with Gasteiger partial charge >= 0.3 is 5.97 Å². The van der Waals surface area contributed by atoms with E-state index >= 15 is 0 Å². The van der Waals surface area contributed by atoms with Crippen LogP contribution in [0.25, 0.3) is 0 Å². The van der Waals surface area contributed by atoms with Crippen LogP contribution >= 0.6 is 0 Å². The topological polar surface area (TPSA) is 44.8 Å². The Morgan fingerprint density at radius 1 is 0.710 bits per heavy atom. The van der Waals surface area contributed by atoms with Crippen LogP contribution in [0.4, 0.5) is 0 Å². The highest BCUT2D eigenvalue weighted by Crippen LogP contribution is 2.15. The molecule has 0 amide bonds. The number of carbonyl (C=O) groups is 1. The number of hydrogen-bond donors (Lipinski definition) is 0. The van der Waals surface area contributed by atoms with E-state index in [4.69, 9.17) is 14.5 Å². The maximum Gasteiger partial charge on any atom is 0.373 e. The largest absolute Gasteiger partial charge is 0.494 e. The summed E-state index contributed by atoms with van der Waals surface area (Å²) in [6.45, 7) is 6.88. The van der Waals surface area contributed by atoms with Crippen LogP contribution in [0.1, 0.15) is 120 Å². The van der Waals surface area contributed by atoms with Gasteiger partial charge in [-0.3, -0.25) is 4.89 Å². The van der Waals surface area contributed by atoms with Crippen molar-refractivity contribution in [2.45, 2.75) is 110 Å². The summed E-state index contributed by atoms with van der Waals surface area (Å²) in [4.78, 5) is 21.8. The molecule has 0 saturated heterocycles. The molecule has 0 fully saturated rings. The molecule has 0 bridgehead atoms. The van der Waals surface area contributed by atoms with Gasteiger partial charge in [-0.2, -0.15) is 4.89 Å². The summed E-state index contributed by atoms with van der Waals surface area (Å²) in [5.74, 6) is 0.281. The fourth-order valence-electron chi connectivity index (χ4n) is 3.63. The lowest BCUT2D eigenvalue weighted by molar-refractivity contribution is -0.241. The number of rotatable bonds is 21. The fraction of sp³-hybridized carbons (Fsp3) is 0.704. The van der Waals surface area contributed by atoms with Gasteiger partial charge in [0.15, 0.2) is 0 Å². The number of hydrogen-bond acceptors (Lipinski definition) is 4. The van der Waals surface area contributed by atoms with E-state index in [0.717, 1.165) is 25.0 Å². The second kappa shape index (κ2) is 20.4. The zero-order chi connectivity index (χ0) is 22.4. The van der Waals surface area contributed by atoms with E-state index < -0.39 is 5.97 Å². The van der Waals surface area contributed by atoms with E-state index in [-0.39, 0.29) is 0 Å². The quantitative estimate of drug-likeness (QED) is 0.111. The van der Waals surface area contributed by atoms with Crippen LogP contribution < -0.4 is 4.74 Å². The van der Waals surface area contributed by atoms with Gasteiger partial charge < -0.3 is 4.74 Å². The molecular formula is C27H45O4. The van der Waals surface area contributed by atoms with Crippen LogP contribution in [0.3, 0.4) is 0 Å². The Hall–Kier alpha value is -1.55. The summed E-state index contributed by atoms with van der Waals surface area (Å²) >= 11 is 0. The Morgan fingerprint density at radius 3 is 1.61 bits per heavy atom. The van der Waals surface area contributed by atoms with Crippen LogP contribution in [0.2, 0.25) is 0 Å². The predicted molar refractivity (Wildman–Crippen MR) is 128 cm³/mol. The Kier molecular flexibility index (Phi) is 18.0. The van der Waals surface area contributed by atoms with Gasteiger partial charge in [-0.15, -0.1) is 0 Å². The van der Waals surface area contributed by atoms with Crippen molar-refractivity contribution < 1.29 is 19.3 Å². The van der Waals surface area contributed by atoms with Crippen molar-refractivity contribution in [3.8, 4) is 5.75 Å². The molecule has 1 aromatic rings. The average Bonchev–Trinajstić information content (AvgIpc) is 2.79. The minimum absolute atomic E-state index is 0.456. The molecule has 1 aromatic carbocycles. The first-order valence-corrected chi connectivity index (χ1v) is 12.6. The van der Waals surface area contributed by atoms with E-state index in [0.29, 0.717) is 18.8 Å². The first-order chi connectivity index (χ1) is 15.3. The molecule has 177 valence electrons. The fourth-order valence-corrected chi connectivity index (χ4v) is 3.63. The maximum atomic E-state index is 11.9. The van der Waals surface area contributed by atoms with Gasteiger partial charge in [0.1, 0.15) is 5.75 Å². The molecular weight excluding hydrogens is 388 g/mol. The van der Waals surface area contributed by atoms with Crippen LogP contribution in [0.15, 0.2) is 24.3 Å². The zero-order valence-corrected chi connectivity index (χ0v) is 19.9. The van der Waals surface area contributed by atoms with E-state index in [1.54, 1.807) is 24.3 Å². The van der Waals surface area contributed by atoms with Crippen LogP contribution in [-0.4, -0.2) is 19.2 Å². The van der Waals surface area contributed by atoms with Gasteiger partial charge in [-0.1, -0.05) is 103 Å². The first-order valence-electron chi connectivity index (χ1n) is 12.6. The van der Waals surface area contributed by atoms with E-state index in [1.807, 2.05) is 6.92 Å². The molecule has 0 aromatic heterocycles. The third kappa shape index (κ3) is 15.8. The predicted octanol–water partition coefficient (Wildman–Crippen LogP) is 8.25. The lowest BCUT2D eigenvalue weighted by atomic mass is 10.0. The highest BCUT2D eigenvalue weighted by atomic mass is 17.2. The molecule has 31 heavy (non-hydrogen) atoms. The van der Waals surface area contributed by atoms with Crippen molar-refractivity contribution in [1.82, 2.24) is 0 Å². The van der Waals surface area contributed by atoms with E-state index in [1.165, 1.54) is 83.5 Å². The van der Waals surface area contributed by atoms with Crippen molar-refractivity contribution in [2.75, 3.05) is 13.2 Å². The van der Waals surface area contributed by atoms with Crippen molar-refractivity contribution in [1.29, 1.82) is 0 Å². The van der Waals surface area contributed by atoms with Crippen molar-refractivity contribution in [3.05, 3.63) is 36.8 Å². The molecule has 0 unspecified atom stereocenters. The van der Waals surface area contributed by atoms with Gasteiger partial charge in [0.2, 0.25) is 0 Å². The monoisotopic (exact) mass is 433 g/mol. The number of benzene rings is 1. The van der Waals surface area contributed by atoms with Crippen LogP contribution in [-0.2, 0) is 9.78 Å². The van der Waals surface area contributed by atoms with Crippen molar-refractivity contribution in [3.63, 3.8) is 0 Å². The molecule has 0 saturated carbocycles. The van der Waals surface area contributed by atoms with Gasteiger partial charge in [-0.05, 0) is 37.6 Å². The standard InChI is InChI=1S/C27H45O4/c1-3-5-6-7-8-9-10-11-12-13-14-15-16-17-18-19-24-30-31-27(28)25-20-22-26(23-21-25)29-4-2/h20-23H,1,3-19,24H2,2H3. The molecule has 0 spiro atoms. The summed E-state index contributed by atoms with van der Waals surface area (Å²) in [7, 11) is 0. The van der Waals surface area contributed by atoms with Crippen molar-refractivity contribution >= 4 is 5.97 Å². The Morgan fingerprint density at radius 2 is 1.16 bits per heavy atom. The number of carbonyl (C=O) groups excluding carboxylic acids is 1. The lowest BCUT2D eigenvalue weighted by Gasteiger charge is -2.06. The molecule has 4 nitrogen and oxygen atoms in total. The second-order valence-electron chi connectivity index (χ2n) is 8.31. The molecule has 0 aliphatic carbocycles. The smallest absolute Gasteiger partial charge is 0.373 e. The Labute approximate surface area is 191 Å². The highest BCUT2D eigenvalue weighted by Gasteiger charge is 2.08. The van der Waals surface area contributed by atoms with Crippen LogP contribution in [0, 0.1) is 6.92 Å². The minimum Gasteiger partial charge on any atom is -0.494 e. The summed E-state index contributed by atoms with van der Waals surface area (Å²) < 4.78 is 5.36. The average molecular weight is 434 g/mol. The third-order valence-electron chi connectivity index (χ3n) is 5.51. The Bertz CT molecular complexity index is 527. The van der Waals surface area contributed by atoms with Gasteiger partial charge in [0, 0.05) is 0 Å². The second-order valence-corrected chi connectivity index (χ2v) is 8.31. The third-order valence-corrected chi connectivity index (χ3v) is 5.51. The summed E-state index contributed by atoms with van der Waals surface area (Å²) in [6, 6.07) is 6.88. The summed E-state index contributed by atoms with van der Waals surface area (Å²) in [6.07, 6.45) is 20.8. The molecule has 0 heterocycles. The molecule has 0 aliphatic heterocycles. The summed E-state index contributed by atoms with van der Waals surface area (Å²) in [5, 5.41) is 0. The molecule has 1 radical (unpaired) electrons. The first kappa shape index (κ1) is 27.5. The van der Waals surface area contributed by atoms with Crippen LogP contribution in [0.5, 0.6) is 5.75 Å². The molecule has 0 atom stereocenters. The molecule has 0 aliphatic rings. The highest BCUT2D eigenvalue weighted by molar-refractivity contribution is 5.89. The minimum atomic E-state index is -0.461. The Balaban J connectivity index is 1.82. The molecule has 4 heteroatoms. The van der Waals surface area contributed by atoms with E-state index in [9.17, 15) is 4.79 Å². The van der Waals surface area contributed by atoms with Gasteiger partial charge in [-0.25, -0.2) is 4.79 Å². The zero-order valence-electron chi connectivity index (χ0n) is 19.9. The van der Waals surface area contributed by atoms with Crippen molar-refractivity contribution in [2.24, 2.45) is 0 Å². The normalized spacial score (nSPS) is 10.9. The molecule has 1 rings (SSSR count). The maximum absolute atomic E-state index is 11.9. The lowest BCUT2D eigenvalue weighted by Crippen LogP contribution is -2.07. The SMILES string of the molecule is [CH2]CCCCCCCCCCCCCCCCCOOC(=O)c1ccc(OCC)cc1. The van der Waals surface area contributed by atoms with Gasteiger partial charge in [0.05, 0.1) is 18.8 Å². The van der Waals surface area contributed by atoms with E-state index in [2.05, 4.69) is 6.92 Å². The van der Waals surface area contributed by atoms with Gasteiger partial charge in [0.25, 0.3) is 0 Å². The number of unbranched alkanes of at least 4 members (excludes halogenated alkanes) is 15.